The smallest absolute Gasteiger partial charge is 0.417 e. The maximum absolute atomic E-state index is 13.6. The van der Waals surface area contributed by atoms with Crippen LogP contribution >= 0.6 is 27.5 Å². The number of carboxylic acids is 1. The van der Waals surface area contributed by atoms with Crippen molar-refractivity contribution in [3.05, 3.63) is 61.7 Å². The molecule has 11 heteroatoms. The molecule has 1 fully saturated rings. The van der Waals surface area contributed by atoms with Crippen LogP contribution in [0.2, 0.25) is 5.02 Å². The molecule has 0 unspecified atom stereocenters. The molecule has 1 saturated carbocycles. The second kappa shape index (κ2) is 9.59. The second-order valence-electron chi connectivity index (χ2n) is 7.77. The lowest BCUT2D eigenvalue weighted by atomic mass is 9.82. The third-order valence-corrected chi connectivity index (χ3v) is 6.44. The summed E-state index contributed by atoms with van der Waals surface area (Å²) in [5.74, 6) is -1.39. The number of aliphatic carboxylic acids is 1. The number of ether oxygens (including phenoxy) is 2. The van der Waals surface area contributed by atoms with E-state index in [1.165, 1.54) is 12.1 Å². The van der Waals surface area contributed by atoms with Crippen molar-refractivity contribution in [2.45, 2.75) is 25.1 Å². The number of hydrogen-bond donors (Lipinski definition) is 1. The largest absolute Gasteiger partial charge is 0.490 e. The predicted molar refractivity (Wildman–Crippen MR) is 121 cm³/mol. The Bertz CT molecular complexity index is 1300. The Hall–Kier alpha value is -2.56. The fourth-order valence-corrected chi connectivity index (χ4v) is 4.39. The number of alkyl halides is 3. The van der Waals surface area contributed by atoms with Crippen molar-refractivity contribution >= 4 is 44.5 Å². The maximum Gasteiger partial charge on any atom is 0.417 e. The van der Waals surface area contributed by atoms with E-state index in [0.29, 0.717) is 12.8 Å². The molecule has 6 nitrogen and oxygen atoms in total. The summed E-state index contributed by atoms with van der Waals surface area (Å²) >= 11 is 9.06. The van der Waals surface area contributed by atoms with Crippen LogP contribution in [0.3, 0.4) is 0 Å². The number of halogens is 5. The first-order chi connectivity index (χ1) is 16.0. The Balaban J connectivity index is 1.63. The summed E-state index contributed by atoms with van der Waals surface area (Å²) in [5, 5.41) is 9.25. The van der Waals surface area contributed by atoms with Crippen molar-refractivity contribution in [3.63, 3.8) is 0 Å². The molecule has 0 atom stereocenters. The lowest BCUT2D eigenvalue weighted by molar-refractivity contribution is -0.151. The van der Waals surface area contributed by atoms with E-state index in [0.717, 1.165) is 18.2 Å². The zero-order valence-electron chi connectivity index (χ0n) is 17.3. The van der Waals surface area contributed by atoms with Crippen LogP contribution in [0.5, 0.6) is 5.75 Å². The summed E-state index contributed by atoms with van der Waals surface area (Å²) in [5.41, 5.74) is -1.47. The molecule has 34 heavy (non-hydrogen) atoms. The van der Waals surface area contributed by atoms with Gasteiger partial charge in [0.05, 0.1) is 40.2 Å². The van der Waals surface area contributed by atoms with Gasteiger partial charge in [-0.1, -0.05) is 33.6 Å². The minimum Gasteiger partial charge on any atom is -0.490 e. The molecule has 0 aliphatic heterocycles. The van der Waals surface area contributed by atoms with Crippen LogP contribution in [0.25, 0.3) is 22.3 Å². The van der Waals surface area contributed by atoms with Crippen molar-refractivity contribution in [1.82, 2.24) is 0 Å². The highest BCUT2D eigenvalue weighted by atomic mass is 79.9. The van der Waals surface area contributed by atoms with E-state index in [1.54, 1.807) is 6.07 Å². The van der Waals surface area contributed by atoms with E-state index in [1.807, 2.05) is 0 Å². The summed E-state index contributed by atoms with van der Waals surface area (Å²) in [6, 6.07) is 7.65. The van der Waals surface area contributed by atoms with Crippen LogP contribution in [0.1, 0.15) is 18.4 Å². The number of hydrogen-bond acceptors (Lipinski definition) is 5. The first-order valence-corrected chi connectivity index (χ1v) is 11.3. The quantitative estimate of drug-likeness (QED) is 0.348. The third kappa shape index (κ3) is 5.08. The molecule has 1 N–H and O–H groups in total. The summed E-state index contributed by atoms with van der Waals surface area (Å²) in [7, 11) is 0. The average molecular weight is 562 g/mol. The topological polar surface area (TPSA) is 86.0 Å². The number of rotatable bonds is 7. The van der Waals surface area contributed by atoms with Gasteiger partial charge in [0.15, 0.2) is 11.0 Å². The van der Waals surface area contributed by atoms with Gasteiger partial charge in [-0.3, -0.25) is 9.59 Å². The Morgan fingerprint density at radius 2 is 1.94 bits per heavy atom. The van der Waals surface area contributed by atoms with Crippen LogP contribution in [0, 0.1) is 5.92 Å². The number of benzene rings is 2. The Morgan fingerprint density at radius 3 is 2.62 bits per heavy atom. The number of fused-ring (bicyclic) bond motifs is 1. The number of carbonyl (C=O) groups is 1. The molecule has 1 aliphatic carbocycles. The molecule has 1 heterocycles. The van der Waals surface area contributed by atoms with E-state index in [2.05, 4.69) is 15.9 Å². The second-order valence-corrected chi connectivity index (χ2v) is 9.03. The number of carboxylic acid groups (broad SMARTS) is 1. The highest BCUT2D eigenvalue weighted by Crippen LogP contribution is 2.42. The molecule has 0 bridgehead atoms. The van der Waals surface area contributed by atoms with E-state index in [9.17, 15) is 22.8 Å². The molecular weight excluding hydrogens is 545 g/mol. The lowest BCUT2D eigenvalue weighted by Crippen LogP contribution is -2.37. The monoisotopic (exact) mass is 560 g/mol. The SMILES string of the molecule is O=c1cc(-c2cc(C(F)(F)F)c(Br)cc2OCCO[C@H]2C[C@@H](C(=O)O)C2)oc2c(Cl)cccc12. The van der Waals surface area contributed by atoms with E-state index >= 15 is 0 Å². The van der Waals surface area contributed by atoms with E-state index < -0.39 is 29.1 Å². The molecule has 3 aromatic rings. The van der Waals surface area contributed by atoms with Gasteiger partial charge in [-0.25, -0.2) is 0 Å². The third-order valence-electron chi connectivity index (χ3n) is 5.49. The van der Waals surface area contributed by atoms with Crippen LogP contribution < -0.4 is 10.2 Å². The summed E-state index contributed by atoms with van der Waals surface area (Å²) in [6.45, 7) is 0.0835. The molecule has 0 amide bonds. The van der Waals surface area contributed by atoms with Crippen LogP contribution in [-0.2, 0) is 15.7 Å². The average Bonchev–Trinajstić information content (AvgIpc) is 2.71. The van der Waals surface area contributed by atoms with Gasteiger partial charge in [0.1, 0.15) is 18.1 Å². The molecule has 0 spiro atoms. The van der Waals surface area contributed by atoms with E-state index in [-0.39, 0.29) is 56.9 Å². The lowest BCUT2D eigenvalue weighted by Gasteiger charge is -2.32. The summed E-state index contributed by atoms with van der Waals surface area (Å²) in [6.07, 6.45) is -4.08. The molecule has 0 saturated heterocycles. The van der Waals surface area contributed by atoms with Crippen LogP contribution in [0.4, 0.5) is 13.2 Å². The van der Waals surface area contributed by atoms with Crippen LogP contribution in [0.15, 0.2) is 50.1 Å². The van der Waals surface area contributed by atoms with Gasteiger partial charge in [0.25, 0.3) is 0 Å². The molecule has 2 aromatic carbocycles. The normalized spacial score (nSPS) is 18.0. The van der Waals surface area contributed by atoms with Gasteiger partial charge in [-0.2, -0.15) is 13.2 Å². The molecular formula is C23H17BrClF3O6. The molecule has 1 aromatic heterocycles. The minimum absolute atomic E-state index is 0.0163. The molecule has 1 aliphatic rings. The van der Waals surface area contributed by atoms with Gasteiger partial charge in [0, 0.05) is 10.5 Å². The van der Waals surface area contributed by atoms with Gasteiger partial charge < -0.3 is 19.0 Å². The fraction of sp³-hybridized carbons (Fsp3) is 0.304. The summed E-state index contributed by atoms with van der Waals surface area (Å²) < 4.78 is 57.4. The molecule has 0 radical (unpaired) electrons. The standard InChI is InChI=1S/C23H17BrClF3O6/c24-16-9-19(33-5-4-32-12-6-11(7-12)22(30)31)14(8-15(16)23(26,27)28)20-10-18(29)13-2-1-3-17(25)21(13)34-20/h1-3,8-12H,4-7H2,(H,30,31)/t11-,12+. The van der Waals surface area contributed by atoms with Gasteiger partial charge in [0.2, 0.25) is 0 Å². The van der Waals surface area contributed by atoms with E-state index in [4.69, 9.17) is 30.6 Å². The minimum atomic E-state index is -4.67. The van der Waals surface area contributed by atoms with Crippen LogP contribution in [-0.4, -0.2) is 30.4 Å². The fourth-order valence-electron chi connectivity index (χ4n) is 3.63. The highest BCUT2D eigenvalue weighted by Gasteiger charge is 2.36. The zero-order valence-corrected chi connectivity index (χ0v) is 19.7. The molecule has 180 valence electrons. The van der Waals surface area contributed by atoms with Gasteiger partial charge >= 0.3 is 12.1 Å². The Labute approximate surface area is 204 Å². The van der Waals surface area contributed by atoms with Gasteiger partial charge in [-0.15, -0.1) is 0 Å². The van der Waals surface area contributed by atoms with Crippen molar-refractivity contribution in [2.75, 3.05) is 13.2 Å². The van der Waals surface area contributed by atoms with Gasteiger partial charge in [-0.05, 0) is 37.1 Å². The first kappa shape index (κ1) is 24.6. The van der Waals surface area contributed by atoms with Crippen molar-refractivity contribution in [1.29, 1.82) is 0 Å². The van der Waals surface area contributed by atoms with Crippen molar-refractivity contribution < 1.29 is 37.0 Å². The molecule has 4 rings (SSSR count). The highest BCUT2D eigenvalue weighted by molar-refractivity contribution is 9.10. The Kier molecular flexibility index (Phi) is 6.93. The maximum atomic E-state index is 13.6. The first-order valence-electron chi connectivity index (χ1n) is 10.1. The Morgan fingerprint density at radius 1 is 1.21 bits per heavy atom. The zero-order chi connectivity index (χ0) is 24.6. The number of para-hydroxylation sites is 1. The van der Waals surface area contributed by atoms with Crippen molar-refractivity contribution in [2.24, 2.45) is 5.92 Å². The predicted octanol–water partition coefficient (Wildman–Crippen LogP) is 6.15. The summed E-state index contributed by atoms with van der Waals surface area (Å²) in [4.78, 5) is 23.4. The van der Waals surface area contributed by atoms with Crippen molar-refractivity contribution in [3.8, 4) is 17.1 Å².